The van der Waals surface area contributed by atoms with Gasteiger partial charge in [0, 0.05) is 35.3 Å². The minimum Gasteiger partial charge on any atom is -0.493 e. The number of anilines is 1. The quantitative estimate of drug-likeness (QED) is 0.699. The molecule has 0 bridgehead atoms. The molecule has 0 fully saturated rings. The molecular weight excluding hydrogens is 340 g/mol. The van der Waals surface area contributed by atoms with Crippen LogP contribution in [0.5, 0.6) is 11.5 Å². The first kappa shape index (κ1) is 18.5. The van der Waals surface area contributed by atoms with Crippen LogP contribution >= 0.6 is 0 Å². The molecule has 0 atom stereocenters. The number of pyridine rings is 1. The van der Waals surface area contributed by atoms with Gasteiger partial charge in [0.25, 0.3) is 5.91 Å². The van der Waals surface area contributed by atoms with Crippen molar-refractivity contribution in [3.05, 3.63) is 83.2 Å². The topological polar surface area (TPSA) is 60.5 Å². The van der Waals surface area contributed by atoms with E-state index in [1.165, 1.54) is 0 Å². The maximum absolute atomic E-state index is 12.6. The SMILES string of the molecule is COc1ccc(NC(=O)c2ccc(C)cc2C)cc1OCc1cccnc1. The first-order chi connectivity index (χ1) is 13.1. The molecule has 0 unspecified atom stereocenters. The first-order valence-corrected chi connectivity index (χ1v) is 8.65. The van der Waals surface area contributed by atoms with E-state index in [2.05, 4.69) is 10.3 Å². The number of hydrogen-bond donors (Lipinski definition) is 1. The molecule has 1 amide bonds. The van der Waals surface area contributed by atoms with Crippen LogP contribution in [-0.2, 0) is 6.61 Å². The minimum atomic E-state index is -0.157. The minimum absolute atomic E-state index is 0.157. The van der Waals surface area contributed by atoms with E-state index in [0.29, 0.717) is 29.4 Å². The highest BCUT2D eigenvalue weighted by Crippen LogP contribution is 2.31. The Morgan fingerprint density at radius 2 is 1.93 bits per heavy atom. The van der Waals surface area contributed by atoms with E-state index in [4.69, 9.17) is 9.47 Å². The second-order valence-corrected chi connectivity index (χ2v) is 6.29. The van der Waals surface area contributed by atoms with Crippen LogP contribution in [0.3, 0.4) is 0 Å². The fraction of sp³-hybridized carbons (Fsp3) is 0.182. The molecule has 138 valence electrons. The number of ether oxygens (including phenoxy) is 2. The number of nitrogens with one attached hydrogen (secondary N) is 1. The molecule has 3 aromatic rings. The van der Waals surface area contributed by atoms with Gasteiger partial charge in [0.2, 0.25) is 0 Å². The van der Waals surface area contributed by atoms with Crippen molar-refractivity contribution in [2.24, 2.45) is 0 Å². The molecule has 0 spiro atoms. The predicted molar refractivity (Wildman–Crippen MR) is 105 cm³/mol. The number of aromatic nitrogens is 1. The zero-order valence-corrected chi connectivity index (χ0v) is 15.7. The number of amides is 1. The van der Waals surface area contributed by atoms with Gasteiger partial charge >= 0.3 is 0 Å². The smallest absolute Gasteiger partial charge is 0.255 e. The Morgan fingerprint density at radius 3 is 2.63 bits per heavy atom. The van der Waals surface area contributed by atoms with Crippen LogP contribution in [0.2, 0.25) is 0 Å². The monoisotopic (exact) mass is 362 g/mol. The largest absolute Gasteiger partial charge is 0.493 e. The number of hydrogen-bond acceptors (Lipinski definition) is 4. The van der Waals surface area contributed by atoms with Crippen LogP contribution in [-0.4, -0.2) is 18.0 Å². The van der Waals surface area contributed by atoms with Crippen LogP contribution in [0.1, 0.15) is 27.0 Å². The highest BCUT2D eigenvalue weighted by atomic mass is 16.5. The Hall–Kier alpha value is -3.34. The molecule has 1 aromatic heterocycles. The lowest BCUT2D eigenvalue weighted by atomic mass is 10.1. The van der Waals surface area contributed by atoms with E-state index in [0.717, 1.165) is 16.7 Å². The molecule has 0 radical (unpaired) electrons. The third-order valence-electron chi connectivity index (χ3n) is 4.17. The van der Waals surface area contributed by atoms with Gasteiger partial charge in [0.1, 0.15) is 6.61 Å². The highest BCUT2D eigenvalue weighted by Gasteiger charge is 2.12. The zero-order chi connectivity index (χ0) is 19.2. The van der Waals surface area contributed by atoms with Gasteiger partial charge in [-0.3, -0.25) is 9.78 Å². The summed E-state index contributed by atoms with van der Waals surface area (Å²) in [6.07, 6.45) is 3.46. The summed E-state index contributed by atoms with van der Waals surface area (Å²) in [5.74, 6) is 0.999. The second kappa shape index (κ2) is 8.36. The molecule has 1 N–H and O–H groups in total. The average molecular weight is 362 g/mol. The Kier molecular flexibility index (Phi) is 5.71. The van der Waals surface area contributed by atoms with Crippen molar-refractivity contribution in [1.29, 1.82) is 0 Å². The van der Waals surface area contributed by atoms with Crippen molar-refractivity contribution >= 4 is 11.6 Å². The summed E-state index contributed by atoms with van der Waals surface area (Å²) in [7, 11) is 1.58. The third kappa shape index (κ3) is 4.64. The summed E-state index contributed by atoms with van der Waals surface area (Å²) >= 11 is 0. The lowest BCUT2D eigenvalue weighted by Crippen LogP contribution is -2.13. The summed E-state index contributed by atoms with van der Waals surface area (Å²) in [4.78, 5) is 16.7. The standard InChI is InChI=1S/C22H22N2O3/c1-15-6-8-19(16(2)11-15)22(25)24-18-7-9-20(26-3)21(12-18)27-14-17-5-4-10-23-13-17/h4-13H,14H2,1-3H3,(H,24,25). The molecule has 0 aliphatic carbocycles. The maximum atomic E-state index is 12.6. The van der Waals surface area contributed by atoms with Crippen LogP contribution in [0.15, 0.2) is 60.9 Å². The number of carbonyl (C=O) groups is 1. The average Bonchev–Trinajstić information content (AvgIpc) is 2.67. The van der Waals surface area contributed by atoms with Crippen molar-refractivity contribution < 1.29 is 14.3 Å². The Bertz CT molecular complexity index is 940. The fourth-order valence-electron chi connectivity index (χ4n) is 2.78. The van der Waals surface area contributed by atoms with Crippen LogP contribution in [0, 0.1) is 13.8 Å². The summed E-state index contributed by atoms with van der Waals surface area (Å²) in [6.45, 7) is 4.29. The van der Waals surface area contributed by atoms with E-state index in [1.807, 2.05) is 44.2 Å². The maximum Gasteiger partial charge on any atom is 0.255 e. The lowest BCUT2D eigenvalue weighted by Gasteiger charge is -2.13. The van der Waals surface area contributed by atoms with Crippen LogP contribution in [0.4, 0.5) is 5.69 Å². The third-order valence-corrected chi connectivity index (χ3v) is 4.17. The Balaban J connectivity index is 1.77. The van der Waals surface area contributed by atoms with Gasteiger partial charge in [-0.2, -0.15) is 0 Å². The van der Waals surface area contributed by atoms with Crippen molar-refractivity contribution in [3.63, 3.8) is 0 Å². The normalized spacial score (nSPS) is 10.3. The number of nitrogens with zero attached hydrogens (tertiary/aromatic N) is 1. The molecule has 5 nitrogen and oxygen atoms in total. The fourth-order valence-corrected chi connectivity index (χ4v) is 2.78. The van der Waals surface area contributed by atoms with Crippen molar-refractivity contribution in [2.45, 2.75) is 20.5 Å². The van der Waals surface area contributed by atoms with Crippen molar-refractivity contribution in [2.75, 3.05) is 12.4 Å². The number of carbonyl (C=O) groups excluding carboxylic acids is 1. The number of methoxy groups -OCH3 is 1. The molecule has 1 heterocycles. The molecule has 0 saturated carbocycles. The molecule has 5 heteroatoms. The van der Waals surface area contributed by atoms with Crippen molar-refractivity contribution in [1.82, 2.24) is 4.98 Å². The number of benzene rings is 2. The molecule has 0 aliphatic heterocycles. The number of aryl methyl sites for hydroxylation is 2. The molecule has 0 aliphatic rings. The molecule has 0 saturated heterocycles. The van der Waals surface area contributed by atoms with Gasteiger partial charge in [-0.05, 0) is 43.7 Å². The molecule has 27 heavy (non-hydrogen) atoms. The summed E-state index contributed by atoms with van der Waals surface area (Å²) in [5, 5.41) is 2.92. The van der Waals surface area contributed by atoms with Gasteiger partial charge in [-0.25, -0.2) is 0 Å². The van der Waals surface area contributed by atoms with Gasteiger partial charge in [0.05, 0.1) is 7.11 Å². The zero-order valence-electron chi connectivity index (χ0n) is 15.7. The highest BCUT2D eigenvalue weighted by molar-refractivity contribution is 6.05. The Labute approximate surface area is 159 Å². The van der Waals surface area contributed by atoms with E-state index in [9.17, 15) is 4.79 Å². The van der Waals surface area contributed by atoms with Gasteiger partial charge in [-0.1, -0.05) is 23.8 Å². The predicted octanol–water partition coefficient (Wildman–Crippen LogP) is 4.54. The molecule has 2 aromatic carbocycles. The summed E-state index contributed by atoms with van der Waals surface area (Å²) in [5.41, 5.74) is 4.30. The molecular formula is C22H22N2O3. The van der Waals surface area contributed by atoms with Gasteiger partial charge < -0.3 is 14.8 Å². The summed E-state index contributed by atoms with van der Waals surface area (Å²) < 4.78 is 11.2. The number of rotatable bonds is 6. The Morgan fingerprint density at radius 1 is 1.07 bits per heavy atom. The lowest BCUT2D eigenvalue weighted by molar-refractivity contribution is 0.102. The first-order valence-electron chi connectivity index (χ1n) is 8.65. The van der Waals surface area contributed by atoms with E-state index in [-0.39, 0.29) is 5.91 Å². The van der Waals surface area contributed by atoms with E-state index in [1.54, 1.807) is 37.7 Å². The van der Waals surface area contributed by atoms with Crippen LogP contribution < -0.4 is 14.8 Å². The van der Waals surface area contributed by atoms with E-state index < -0.39 is 0 Å². The van der Waals surface area contributed by atoms with Crippen molar-refractivity contribution in [3.8, 4) is 11.5 Å². The van der Waals surface area contributed by atoms with Gasteiger partial charge in [-0.15, -0.1) is 0 Å². The molecule has 3 rings (SSSR count). The van der Waals surface area contributed by atoms with Gasteiger partial charge in [0.15, 0.2) is 11.5 Å². The van der Waals surface area contributed by atoms with Crippen LogP contribution in [0.25, 0.3) is 0 Å². The van der Waals surface area contributed by atoms with E-state index >= 15 is 0 Å². The summed E-state index contributed by atoms with van der Waals surface area (Å²) in [6, 6.07) is 14.9. The second-order valence-electron chi connectivity index (χ2n) is 6.29.